The molecule has 98 valence electrons. The minimum atomic E-state index is -2.32. The van der Waals surface area contributed by atoms with Gasteiger partial charge in [0.1, 0.15) is 6.04 Å². The first-order valence-corrected chi connectivity index (χ1v) is 6.48. The number of hydrogen-bond acceptors (Lipinski definition) is 5. The quantitative estimate of drug-likeness (QED) is 0.506. The van der Waals surface area contributed by atoms with Gasteiger partial charge < -0.3 is 9.63 Å². The van der Waals surface area contributed by atoms with Gasteiger partial charge in [0, 0.05) is 9.88 Å². The van der Waals surface area contributed by atoms with Crippen molar-refractivity contribution in [3.05, 3.63) is 29.3 Å². The molecule has 8 heteroatoms. The molecule has 0 aliphatic rings. The normalized spacial score (nSPS) is 13.0. The van der Waals surface area contributed by atoms with Gasteiger partial charge in [-0.15, -0.1) is 0 Å². The predicted molar refractivity (Wildman–Crippen MR) is 66.0 cm³/mol. The molecule has 0 radical (unpaired) electrons. The number of carbonyl (C=O) groups is 1. The highest BCUT2D eigenvalue weighted by atomic mass is 35.5. The number of methoxy groups -OCH3 is 1. The van der Waals surface area contributed by atoms with E-state index in [-0.39, 0.29) is 0 Å². The van der Waals surface area contributed by atoms with Crippen LogP contribution in [0.1, 0.15) is 6.92 Å². The van der Waals surface area contributed by atoms with Crippen molar-refractivity contribution in [2.75, 3.05) is 7.11 Å². The lowest BCUT2D eigenvalue weighted by atomic mass is 10.3. The number of nitrogens with zero attached hydrogens (tertiary/aromatic N) is 1. The molecule has 1 N–H and O–H groups in total. The molecule has 18 heavy (non-hydrogen) atoms. The maximum Gasteiger partial charge on any atom is 0.412 e. The fraction of sp³-hybridized carbons (Fsp3) is 0.300. The van der Waals surface area contributed by atoms with Crippen molar-refractivity contribution in [1.82, 2.24) is 5.43 Å². The van der Waals surface area contributed by atoms with E-state index < -0.39 is 20.2 Å². The Morgan fingerprint density at radius 1 is 1.50 bits per heavy atom. The van der Waals surface area contributed by atoms with Gasteiger partial charge in [-0.05, 0) is 31.2 Å². The van der Waals surface area contributed by atoms with Crippen molar-refractivity contribution in [2.24, 2.45) is 4.85 Å². The van der Waals surface area contributed by atoms with Crippen molar-refractivity contribution in [3.63, 3.8) is 0 Å². The van der Waals surface area contributed by atoms with E-state index in [1.165, 1.54) is 14.0 Å². The average Bonchev–Trinajstić information content (AvgIpc) is 2.37. The van der Waals surface area contributed by atoms with E-state index in [4.69, 9.17) is 16.1 Å². The number of rotatable bonds is 5. The van der Waals surface area contributed by atoms with Crippen molar-refractivity contribution in [3.8, 4) is 5.75 Å². The number of benzene rings is 1. The fourth-order valence-electron chi connectivity index (χ4n) is 0.969. The fourth-order valence-corrected chi connectivity index (χ4v) is 1.71. The van der Waals surface area contributed by atoms with Crippen LogP contribution < -0.4 is 14.8 Å². The molecule has 0 saturated carbocycles. The first kappa shape index (κ1) is 14.9. The lowest BCUT2D eigenvalue weighted by Gasteiger charge is -2.05. The van der Waals surface area contributed by atoms with Gasteiger partial charge >= 0.3 is 14.1 Å². The molecule has 0 aliphatic heterocycles. The van der Waals surface area contributed by atoms with E-state index in [0.29, 0.717) is 10.8 Å². The Kier molecular flexibility index (Phi) is 6.01. The van der Waals surface area contributed by atoms with Gasteiger partial charge in [0.2, 0.25) is 0 Å². The molecule has 0 heterocycles. The Bertz CT molecular complexity index is 438. The molecule has 1 unspecified atom stereocenters. The second-order valence-electron chi connectivity index (χ2n) is 3.26. The van der Waals surface area contributed by atoms with Crippen LogP contribution in [0, 0.1) is 0 Å². The topological polar surface area (TPSA) is 83.0 Å². The van der Waals surface area contributed by atoms with Gasteiger partial charge in [-0.1, -0.05) is 11.6 Å². The number of nitrogens with one attached hydrogen (secondary N) is 1. The summed E-state index contributed by atoms with van der Waals surface area (Å²) in [6, 6.07) is 5.64. The molecule has 0 fully saturated rings. The van der Waals surface area contributed by atoms with E-state index >= 15 is 0 Å². The van der Waals surface area contributed by atoms with E-state index in [1.807, 2.05) is 0 Å². The van der Waals surface area contributed by atoms with Gasteiger partial charge in [-0.2, -0.15) is 5.43 Å². The third-order valence-electron chi connectivity index (χ3n) is 1.88. The molecule has 1 aromatic rings. The van der Waals surface area contributed by atoms with Crippen LogP contribution in [0.5, 0.6) is 5.75 Å². The molecule has 0 saturated heterocycles. The minimum Gasteiger partial charge on any atom is -0.574 e. The standard InChI is InChI=1S/C10H12ClN2O4P/c1-7(10(14)16-2)12-13-18(15)17-9-5-3-8(11)4-6-9/h3-7,12H,1-2H3/t7-/m0/s1. The van der Waals surface area contributed by atoms with Crippen molar-refractivity contribution in [2.45, 2.75) is 13.0 Å². The largest absolute Gasteiger partial charge is 0.574 e. The molecule has 2 atom stereocenters. The number of halogens is 1. The molecule has 0 bridgehead atoms. The van der Waals surface area contributed by atoms with E-state index in [0.717, 1.165) is 0 Å². The molecule has 0 spiro atoms. The molecule has 0 aromatic heterocycles. The monoisotopic (exact) mass is 290 g/mol. The Balaban J connectivity index is 2.52. The van der Waals surface area contributed by atoms with E-state index in [1.54, 1.807) is 24.3 Å². The molecular formula is C10H12ClN2O4P. The second kappa shape index (κ2) is 7.28. The molecule has 1 aromatic carbocycles. The van der Waals surface area contributed by atoms with Crippen molar-refractivity contribution < 1.29 is 18.9 Å². The Labute approximate surface area is 110 Å². The van der Waals surface area contributed by atoms with Crippen LogP contribution in [-0.4, -0.2) is 19.1 Å². The summed E-state index contributed by atoms with van der Waals surface area (Å²) >= 11 is 5.69. The summed E-state index contributed by atoms with van der Waals surface area (Å²) in [5, 5.41) is 0.548. The molecular weight excluding hydrogens is 279 g/mol. The van der Waals surface area contributed by atoms with Gasteiger partial charge in [0.25, 0.3) is 0 Å². The lowest BCUT2D eigenvalue weighted by molar-refractivity contribution is -0.169. The summed E-state index contributed by atoms with van der Waals surface area (Å²) in [5.74, 6) is -0.134. The van der Waals surface area contributed by atoms with Crippen LogP contribution in [0.4, 0.5) is 0 Å². The SMILES string of the molecule is COC(=O)[C@H](C)N/N=[P+](\[O-])Oc1ccc(Cl)cc1. The van der Waals surface area contributed by atoms with Crippen LogP contribution in [0.3, 0.4) is 0 Å². The van der Waals surface area contributed by atoms with Gasteiger partial charge in [0.15, 0.2) is 5.75 Å². The minimum absolute atomic E-state index is 0.372. The van der Waals surface area contributed by atoms with E-state index in [2.05, 4.69) is 15.0 Å². The number of esters is 1. The maximum atomic E-state index is 11.4. The first-order chi connectivity index (χ1) is 8.52. The van der Waals surface area contributed by atoms with Crippen LogP contribution in [0.2, 0.25) is 5.02 Å². The molecule has 0 amide bonds. The molecule has 0 aliphatic carbocycles. The van der Waals surface area contributed by atoms with Crippen LogP contribution >= 0.6 is 19.8 Å². The van der Waals surface area contributed by atoms with E-state index in [9.17, 15) is 9.69 Å². The third kappa shape index (κ3) is 4.98. The summed E-state index contributed by atoms with van der Waals surface area (Å²) in [5.41, 5.74) is 2.38. The molecule has 1 rings (SSSR count). The zero-order valence-electron chi connectivity index (χ0n) is 9.79. The van der Waals surface area contributed by atoms with Crippen LogP contribution in [-0.2, 0) is 9.53 Å². The summed E-state index contributed by atoms with van der Waals surface area (Å²) in [4.78, 5) is 26.0. The number of carbonyl (C=O) groups excluding carboxylic acids is 1. The predicted octanol–water partition coefficient (Wildman–Crippen LogP) is 1.64. The van der Waals surface area contributed by atoms with Gasteiger partial charge in [-0.25, -0.2) is 0 Å². The highest BCUT2D eigenvalue weighted by molar-refractivity contribution is 7.33. The lowest BCUT2D eigenvalue weighted by Crippen LogP contribution is -2.31. The van der Waals surface area contributed by atoms with Crippen LogP contribution in [0.25, 0.3) is 0 Å². The van der Waals surface area contributed by atoms with Crippen LogP contribution in [0.15, 0.2) is 29.1 Å². The summed E-state index contributed by atoms with van der Waals surface area (Å²) in [6.07, 6.45) is 0. The number of ether oxygens (including phenoxy) is 1. The summed E-state index contributed by atoms with van der Waals surface area (Å²) < 4.78 is 9.47. The third-order valence-corrected chi connectivity index (χ3v) is 2.78. The smallest absolute Gasteiger partial charge is 0.412 e. The summed E-state index contributed by atoms with van der Waals surface area (Å²) in [6.45, 7) is 1.53. The molecule has 6 nitrogen and oxygen atoms in total. The Morgan fingerprint density at radius 2 is 2.11 bits per heavy atom. The van der Waals surface area contributed by atoms with Gasteiger partial charge in [-0.3, -0.25) is 9.32 Å². The average molecular weight is 291 g/mol. The Hall–Kier alpha value is -1.20. The zero-order valence-corrected chi connectivity index (χ0v) is 11.4. The summed E-state index contributed by atoms with van der Waals surface area (Å²) in [7, 11) is -1.06. The Morgan fingerprint density at radius 3 is 2.67 bits per heavy atom. The second-order valence-corrected chi connectivity index (χ2v) is 4.55. The highest BCUT2D eigenvalue weighted by Crippen LogP contribution is 2.23. The van der Waals surface area contributed by atoms with Crippen molar-refractivity contribution in [1.29, 1.82) is 0 Å². The highest BCUT2D eigenvalue weighted by Gasteiger charge is 2.13. The zero-order chi connectivity index (χ0) is 13.5. The van der Waals surface area contributed by atoms with Crippen molar-refractivity contribution >= 4 is 25.7 Å². The first-order valence-electron chi connectivity index (χ1n) is 4.97. The van der Waals surface area contributed by atoms with Gasteiger partial charge in [0.05, 0.1) is 7.11 Å². The maximum absolute atomic E-state index is 11.4. The number of hydrogen-bond donors (Lipinski definition) is 1.